The summed E-state index contributed by atoms with van der Waals surface area (Å²) in [5.41, 5.74) is 0. The van der Waals surface area contributed by atoms with Gasteiger partial charge in [-0.3, -0.25) is 0 Å². The molecule has 0 saturated heterocycles. The molecule has 0 aromatic carbocycles. The highest BCUT2D eigenvalue weighted by molar-refractivity contribution is 7.19. The van der Waals surface area contributed by atoms with Gasteiger partial charge < -0.3 is 0 Å². The van der Waals surface area contributed by atoms with Crippen LogP contribution in [0.25, 0.3) is 0 Å². The summed E-state index contributed by atoms with van der Waals surface area (Å²) in [6.45, 7) is 6.96. The van der Waals surface area contributed by atoms with E-state index in [0.717, 1.165) is 0 Å². The molecule has 0 aliphatic rings. The Labute approximate surface area is 208 Å². The molecule has 194 valence electrons. The summed E-state index contributed by atoms with van der Waals surface area (Å²) in [4.78, 5) is 0. The van der Waals surface area contributed by atoms with Crippen molar-refractivity contribution in [2.24, 2.45) is 0 Å². The quantitative estimate of drug-likeness (QED) is 0.0828. The van der Waals surface area contributed by atoms with Crippen molar-refractivity contribution in [3.05, 3.63) is 0 Å². The molecule has 0 saturated carbocycles. The van der Waals surface area contributed by atoms with Crippen LogP contribution in [0.2, 0.25) is 0 Å². The third kappa shape index (κ3) is 23.6. The predicted octanol–water partition coefficient (Wildman–Crippen LogP) is 11.9. The number of hydrogen-bond donors (Lipinski definition) is 0. The molecule has 0 nitrogen and oxygen atoms in total. The second kappa shape index (κ2) is 26.0. The average Bonchev–Trinajstić information content (AvgIpc) is 2.79. The lowest BCUT2D eigenvalue weighted by Crippen LogP contribution is -2.20. The lowest BCUT2D eigenvalue weighted by Gasteiger charge is -2.25. The summed E-state index contributed by atoms with van der Waals surface area (Å²) < 4.78 is 0. The lowest BCUT2D eigenvalue weighted by atomic mass is 9.88. The van der Waals surface area contributed by atoms with Crippen molar-refractivity contribution < 1.29 is 0 Å². The molecular formula is C31H66P+. The van der Waals surface area contributed by atoms with Crippen LogP contribution >= 0.6 is 9.24 Å². The van der Waals surface area contributed by atoms with Crippen molar-refractivity contribution in [2.45, 2.75) is 199 Å². The molecule has 0 fully saturated rings. The van der Waals surface area contributed by atoms with Crippen LogP contribution in [0, 0.1) is 0 Å². The van der Waals surface area contributed by atoms with E-state index in [9.17, 15) is 0 Å². The minimum absolute atomic E-state index is 0.659. The highest BCUT2D eigenvalue weighted by atomic mass is 31.0. The Kier molecular flexibility index (Phi) is 26.4. The SMILES string of the molecule is CCCCCCCCCCC([PH3+])(CCCCCCCCCC)CCCCCCCCCC. The molecule has 0 rings (SSSR count). The Hall–Kier alpha value is 0.430. The molecule has 0 radical (unpaired) electrons. The molecule has 0 heterocycles. The van der Waals surface area contributed by atoms with Gasteiger partial charge in [-0.15, -0.1) is 0 Å². The van der Waals surface area contributed by atoms with Crippen molar-refractivity contribution in [1.29, 1.82) is 0 Å². The van der Waals surface area contributed by atoms with Crippen molar-refractivity contribution in [3.63, 3.8) is 0 Å². The van der Waals surface area contributed by atoms with E-state index in [-0.39, 0.29) is 0 Å². The second-order valence-corrected chi connectivity index (χ2v) is 12.7. The Balaban J connectivity index is 4.04. The van der Waals surface area contributed by atoms with E-state index in [2.05, 4.69) is 30.0 Å². The Bertz CT molecular complexity index is 287. The highest BCUT2D eigenvalue weighted by Crippen LogP contribution is 2.37. The first-order valence-corrected chi connectivity index (χ1v) is 16.2. The molecule has 0 aromatic heterocycles. The molecule has 1 unspecified atom stereocenters. The molecule has 0 bridgehead atoms. The maximum Gasteiger partial charge on any atom is 0.0731 e. The summed E-state index contributed by atoms with van der Waals surface area (Å²) in [6.07, 6.45) is 39.6. The van der Waals surface area contributed by atoms with Crippen LogP contribution in [-0.4, -0.2) is 5.16 Å². The van der Waals surface area contributed by atoms with Gasteiger partial charge in [0, 0.05) is 0 Å². The molecule has 0 aromatic rings. The molecule has 32 heavy (non-hydrogen) atoms. The third-order valence-corrected chi connectivity index (χ3v) is 8.74. The Morgan fingerprint density at radius 3 is 0.719 bits per heavy atom. The highest BCUT2D eigenvalue weighted by Gasteiger charge is 2.28. The van der Waals surface area contributed by atoms with E-state index < -0.39 is 0 Å². The van der Waals surface area contributed by atoms with Crippen LogP contribution in [0.15, 0.2) is 0 Å². The first-order chi connectivity index (χ1) is 15.7. The molecule has 0 N–H and O–H groups in total. The number of unbranched alkanes of at least 4 members (excludes halogenated alkanes) is 21. The number of hydrogen-bond acceptors (Lipinski definition) is 0. The van der Waals surface area contributed by atoms with Gasteiger partial charge in [-0.05, 0) is 47.8 Å². The maximum atomic E-state index is 2.41. The van der Waals surface area contributed by atoms with E-state index in [1.54, 1.807) is 0 Å². The van der Waals surface area contributed by atoms with Gasteiger partial charge in [-0.25, -0.2) is 0 Å². The smallest absolute Gasteiger partial charge is 0.0654 e. The topological polar surface area (TPSA) is 0 Å². The van der Waals surface area contributed by atoms with Crippen molar-refractivity contribution in [1.82, 2.24) is 0 Å². The molecule has 1 heteroatoms. The fourth-order valence-corrected chi connectivity index (χ4v) is 6.03. The van der Waals surface area contributed by atoms with Gasteiger partial charge in [0.25, 0.3) is 0 Å². The van der Waals surface area contributed by atoms with E-state index in [0.29, 0.717) is 5.16 Å². The minimum atomic E-state index is 0.659. The first kappa shape index (κ1) is 32.4. The minimum Gasteiger partial charge on any atom is -0.0654 e. The monoisotopic (exact) mass is 469 g/mol. The third-order valence-electron chi connectivity index (χ3n) is 7.68. The van der Waals surface area contributed by atoms with Crippen LogP contribution in [-0.2, 0) is 0 Å². The van der Waals surface area contributed by atoms with Crippen LogP contribution in [0.3, 0.4) is 0 Å². The van der Waals surface area contributed by atoms with Gasteiger partial charge in [0.1, 0.15) is 0 Å². The van der Waals surface area contributed by atoms with E-state index in [1.165, 1.54) is 173 Å². The largest absolute Gasteiger partial charge is 0.0731 e. The van der Waals surface area contributed by atoms with Gasteiger partial charge in [0.05, 0.1) is 5.16 Å². The van der Waals surface area contributed by atoms with Gasteiger partial charge in [0.2, 0.25) is 0 Å². The van der Waals surface area contributed by atoms with Crippen molar-refractivity contribution >= 4 is 9.24 Å². The predicted molar refractivity (Wildman–Crippen MR) is 156 cm³/mol. The summed E-state index contributed by atoms with van der Waals surface area (Å²) in [7, 11) is 2.41. The zero-order chi connectivity index (χ0) is 23.6. The summed E-state index contributed by atoms with van der Waals surface area (Å²) in [6, 6.07) is 0. The maximum absolute atomic E-state index is 2.41. The standard InChI is InChI=1S/C31H65P/c1-4-7-10-13-16-19-22-25-28-31(32,29-26-23-20-17-14-11-8-5-2)30-27-24-21-18-15-12-9-6-3/h4-30,32H2,1-3H3/p+1. The van der Waals surface area contributed by atoms with Gasteiger partial charge in [0.15, 0.2) is 0 Å². The zero-order valence-corrected chi connectivity index (χ0v) is 24.7. The first-order valence-electron chi connectivity index (χ1n) is 15.5. The van der Waals surface area contributed by atoms with Gasteiger partial charge >= 0.3 is 0 Å². The summed E-state index contributed by atoms with van der Waals surface area (Å²) in [5, 5.41) is 0.659. The van der Waals surface area contributed by atoms with Crippen LogP contribution in [0.4, 0.5) is 0 Å². The molecule has 0 spiro atoms. The molecule has 0 aliphatic carbocycles. The second-order valence-electron chi connectivity index (χ2n) is 11.2. The fourth-order valence-electron chi connectivity index (χ4n) is 5.28. The van der Waals surface area contributed by atoms with E-state index in [1.807, 2.05) is 0 Å². The lowest BCUT2D eigenvalue weighted by molar-refractivity contribution is 0.401. The molecular weight excluding hydrogens is 403 g/mol. The van der Waals surface area contributed by atoms with Crippen LogP contribution in [0.1, 0.15) is 194 Å². The summed E-state index contributed by atoms with van der Waals surface area (Å²) in [5.74, 6) is 0. The Morgan fingerprint density at radius 1 is 0.312 bits per heavy atom. The van der Waals surface area contributed by atoms with E-state index in [4.69, 9.17) is 0 Å². The molecule has 1 atom stereocenters. The normalized spacial score (nSPS) is 12.1. The Morgan fingerprint density at radius 2 is 0.500 bits per heavy atom. The number of rotatable bonds is 27. The van der Waals surface area contributed by atoms with E-state index >= 15 is 0 Å². The fraction of sp³-hybridized carbons (Fsp3) is 1.00. The van der Waals surface area contributed by atoms with Gasteiger partial charge in [-0.1, -0.05) is 156 Å². The average molecular weight is 470 g/mol. The zero-order valence-electron chi connectivity index (χ0n) is 23.3. The summed E-state index contributed by atoms with van der Waals surface area (Å²) >= 11 is 0. The van der Waals surface area contributed by atoms with Crippen molar-refractivity contribution in [3.8, 4) is 0 Å². The van der Waals surface area contributed by atoms with Crippen molar-refractivity contribution in [2.75, 3.05) is 0 Å². The van der Waals surface area contributed by atoms with Crippen LogP contribution < -0.4 is 0 Å². The molecule has 0 amide bonds. The van der Waals surface area contributed by atoms with Gasteiger partial charge in [-0.2, -0.15) is 0 Å². The van der Waals surface area contributed by atoms with Crippen LogP contribution in [0.5, 0.6) is 0 Å². The molecule has 0 aliphatic heterocycles.